The summed E-state index contributed by atoms with van der Waals surface area (Å²) in [6.07, 6.45) is 2.69. The summed E-state index contributed by atoms with van der Waals surface area (Å²) in [5.74, 6) is -0.729. The van der Waals surface area contributed by atoms with Crippen LogP contribution < -0.4 is 65.6 Å². The SMILES string of the molecule is F.[18F-].[K+].[N-]=[N+]=NCCOCCOCCOCCOc1cccnc1[18F].[N-]=[N+]=NCCOCCOCCOCCOc1cccnc1[N+](=O)[O-]. The molecule has 0 bridgehead atoms. The molecule has 2 heterocycles. The maximum absolute atomic E-state index is 13.1. The molecule has 0 N–H and O–H groups in total. The smallest absolute Gasteiger partial charge is 1.00 e. The minimum Gasteiger partial charge on any atom is -1.00 e. The molecule has 0 unspecified atom stereocenters. The molecule has 0 amide bonds. The number of nitro groups is 1. The average Bonchev–Trinajstić information content (AvgIpc) is 3.06. The van der Waals surface area contributed by atoms with Crippen molar-refractivity contribution in [2.45, 2.75) is 0 Å². The summed E-state index contributed by atoms with van der Waals surface area (Å²) in [6.45, 7) is 5.70. The van der Waals surface area contributed by atoms with E-state index in [0.717, 1.165) is 0 Å². The van der Waals surface area contributed by atoms with Crippen molar-refractivity contribution in [2.75, 3.05) is 106 Å². The molecule has 270 valence electrons. The van der Waals surface area contributed by atoms with Gasteiger partial charge < -0.3 is 52.7 Å². The number of azide groups is 2. The molecule has 49 heavy (non-hydrogen) atoms. The maximum Gasteiger partial charge on any atom is 1.00 e. The van der Waals surface area contributed by atoms with Crippen LogP contribution in [0.4, 0.5) is 14.9 Å². The van der Waals surface area contributed by atoms with Crippen LogP contribution in [0.25, 0.3) is 20.9 Å². The van der Waals surface area contributed by atoms with Crippen LogP contribution in [0.15, 0.2) is 46.9 Å². The van der Waals surface area contributed by atoms with Crippen LogP contribution in [0.5, 0.6) is 11.5 Å². The zero-order chi connectivity index (χ0) is 33.3. The predicted octanol–water partition coefficient (Wildman–Crippen LogP) is -2.15. The molecule has 0 spiro atoms. The van der Waals surface area contributed by atoms with Crippen molar-refractivity contribution in [3.8, 4) is 11.5 Å². The Balaban J connectivity index is -0.000000816. The molecule has 0 atom stereocenters. The van der Waals surface area contributed by atoms with E-state index in [9.17, 15) is 14.5 Å². The largest absolute Gasteiger partial charge is 1.00 e. The van der Waals surface area contributed by atoms with Crippen LogP contribution in [0.1, 0.15) is 0 Å². The normalized spacial score (nSPS) is 9.57. The molecule has 0 aromatic carbocycles. The van der Waals surface area contributed by atoms with Crippen LogP contribution in [0.2, 0.25) is 0 Å². The van der Waals surface area contributed by atoms with Gasteiger partial charge in [0.2, 0.25) is 5.75 Å². The summed E-state index contributed by atoms with van der Waals surface area (Å²) >= 11 is 0. The first-order valence-corrected chi connectivity index (χ1v) is 14.0. The Hall–Kier alpha value is -2.89. The molecule has 0 radical (unpaired) electrons. The fraction of sp³-hybridized carbons (Fsp3) is 0.615. The number of halogens is 3. The van der Waals surface area contributed by atoms with E-state index >= 15 is 0 Å². The van der Waals surface area contributed by atoms with Crippen LogP contribution >= 0.6 is 0 Å². The van der Waals surface area contributed by atoms with Crippen LogP contribution in [0.3, 0.4) is 0 Å². The second-order valence-electron chi connectivity index (χ2n) is 8.15. The summed E-state index contributed by atoms with van der Waals surface area (Å²) in [5.41, 5.74) is 16.1. The molecular formula is C26H39F3KN9O10. The van der Waals surface area contributed by atoms with E-state index in [4.69, 9.17) is 49.0 Å². The molecule has 0 saturated carbocycles. The first-order chi connectivity index (χ1) is 22.6. The molecule has 2 aromatic heterocycles. The van der Waals surface area contributed by atoms with Gasteiger partial charge in [-0.25, -0.2) is 4.98 Å². The van der Waals surface area contributed by atoms with E-state index in [1.54, 1.807) is 12.1 Å². The van der Waals surface area contributed by atoms with Gasteiger partial charge >= 0.3 is 57.2 Å². The molecule has 0 aliphatic rings. The van der Waals surface area contributed by atoms with Crippen molar-refractivity contribution in [3.63, 3.8) is 0 Å². The zero-order valence-corrected chi connectivity index (χ0v) is 30.2. The third kappa shape index (κ3) is 29.7. The van der Waals surface area contributed by atoms with E-state index in [0.29, 0.717) is 85.8 Å². The topological polar surface area (TPSA) is 240 Å². The fourth-order valence-corrected chi connectivity index (χ4v) is 2.92. The Morgan fingerprint density at radius 3 is 1.45 bits per heavy atom. The van der Waals surface area contributed by atoms with Gasteiger partial charge in [0.05, 0.1) is 79.3 Å². The minimum atomic E-state index is -0.633. The van der Waals surface area contributed by atoms with Gasteiger partial charge in [-0.2, -0.15) is 4.39 Å². The number of pyridine rings is 2. The Morgan fingerprint density at radius 2 is 1.04 bits per heavy atom. The van der Waals surface area contributed by atoms with Crippen molar-refractivity contribution >= 4 is 5.82 Å². The molecule has 0 aliphatic heterocycles. The van der Waals surface area contributed by atoms with Crippen molar-refractivity contribution in [1.82, 2.24) is 9.97 Å². The van der Waals surface area contributed by atoms with Gasteiger partial charge in [-0.05, 0) is 45.2 Å². The molecular weight excluding hydrogens is 692 g/mol. The molecule has 19 nitrogen and oxygen atoms in total. The molecule has 0 fully saturated rings. The van der Waals surface area contributed by atoms with E-state index < -0.39 is 10.9 Å². The van der Waals surface area contributed by atoms with Gasteiger partial charge in [0.25, 0.3) is 5.95 Å². The van der Waals surface area contributed by atoms with Gasteiger partial charge in [-0.3, -0.25) is 4.70 Å². The Labute approximate surface area is 322 Å². The molecule has 2 aromatic rings. The first-order valence-electron chi connectivity index (χ1n) is 14.0. The average molecular weight is 732 g/mol. The first kappa shape index (κ1) is 50.5. The van der Waals surface area contributed by atoms with Crippen molar-refractivity contribution in [2.24, 2.45) is 10.2 Å². The number of ether oxygens (including phenoxy) is 8. The summed E-state index contributed by atoms with van der Waals surface area (Å²) in [7, 11) is 0. The van der Waals surface area contributed by atoms with Gasteiger partial charge in [0, 0.05) is 29.1 Å². The van der Waals surface area contributed by atoms with Crippen molar-refractivity contribution < 1.29 is 108 Å². The van der Waals surface area contributed by atoms with Crippen molar-refractivity contribution in [1.29, 1.82) is 0 Å². The molecule has 23 heteroatoms. The van der Waals surface area contributed by atoms with Crippen LogP contribution in [-0.2, 0) is 28.4 Å². The van der Waals surface area contributed by atoms with Gasteiger partial charge in [0.15, 0.2) is 5.75 Å². The third-order valence-corrected chi connectivity index (χ3v) is 4.90. The number of aromatic nitrogens is 2. The second-order valence-corrected chi connectivity index (χ2v) is 8.15. The predicted molar refractivity (Wildman–Crippen MR) is 162 cm³/mol. The molecule has 0 saturated heterocycles. The summed E-state index contributed by atoms with van der Waals surface area (Å²) in [5, 5.41) is 17.4. The van der Waals surface area contributed by atoms with Crippen molar-refractivity contribution in [3.05, 3.63) is 73.6 Å². The quantitative estimate of drug-likeness (QED) is 0.0140. The third-order valence-electron chi connectivity index (χ3n) is 4.90. The van der Waals surface area contributed by atoms with E-state index in [1.807, 2.05) is 0 Å². The minimum absolute atomic E-state index is 0. The number of nitrogens with zero attached hydrogens (tertiary/aromatic N) is 9. The number of rotatable bonds is 27. The Bertz CT molecular complexity index is 1190. The zero-order valence-electron chi connectivity index (χ0n) is 27.0. The van der Waals surface area contributed by atoms with E-state index in [1.165, 1.54) is 24.5 Å². The number of hydrogen-bond donors (Lipinski definition) is 0. The Kier molecular flexibility index (Phi) is 39.1. The fourth-order valence-electron chi connectivity index (χ4n) is 2.92. The summed E-state index contributed by atoms with van der Waals surface area (Å²) in [4.78, 5) is 22.5. The van der Waals surface area contributed by atoms with Gasteiger partial charge in [0.1, 0.15) is 19.4 Å². The molecule has 0 aliphatic carbocycles. The van der Waals surface area contributed by atoms with Gasteiger partial charge in [-0.1, -0.05) is 10.2 Å². The molecule has 2 rings (SSSR count). The Morgan fingerprint density at radius 1 is 0.673 bits per heavy atom. The maximum atomic E-state index is 13.1. The summed E-state index contributed by atoms with van der Waals surface area (Å²) < 4.78 is 54.9. The monoisotopic (exact) mass is 731 g/mol. The van der Waals surface area contributed by atoms with E-state index in [2.05, 4.69) is 30.0 Å². The standard InChI is InChI=1S/C13H19FN4O4.C13H19N5O6.2FH.K/c14-13-12(2-1-3-16-13)22-11-10-21-9-8-20-7-6-19-5-4-17-18-15;14-17-16-4-5-21-6-7-22-8-9-23-10-11-24-12-2-1-3-15-13(12)18(19)20;;;/h1-3H,4-11H2;1-3H,4-11H2;2*1H;/q;;;;+1/p-1/i14-1;;1-1;;. The van der Waals surface area contributed by atoms with E-state index in [-0.39, 0.29) is 97.9 Å². The van der Waals surface area contributed by atoms with Crippen LogP contribution in [0, 0.1) is 16.1 Å². The summed E-state index contributed by atoms with van der Waals surface area (Å²) in [6, 6.07) is 6.15. The second kappa shape index (κ2) is 37.9. The van der Waals surface area contributed by atoms with Crippen LogP contribution in [-0.4, -0.2) is 120 Å². The number of hydrogen-bond acceptors (Lipinski definition) is 14. The van der Waals surface area contributed by atoms with Gasteiger partial charge in [-0.15, -0.1) is 0 Å².